The number of benzene rings is 1. The zero-order valence-corrected chi connectivity index (χ0v) is 15.7. The fourth-order valence-electron chi connectivity index (χ4n) is 2.74. The van der Waals surface area contributed by atoms with Gasteiger partial charge in [0.25, 0.3) is 5.91 Å². The molecule has 0 aliphatic carbocycles. The van der Waals surface area contributed by atoms with Crippen LogP contribution in [-0.2, 0) is 10.3 Å². The lowest BCUT2D eigenvalue weighted by atomic mass is 10.1. The molecule has 2 heterocycles. The van der Waals surface area contributed by atoms with Gasteiger partial charge in [0.15, 0.2) is 5.54 Å². The number of carbonyl (C=O) groups is 3. The van der Waals surface area contributed by atoms with Crippen LogP contribution in [0.3, 0.4) is 0 Å². The largest absolute Gasteiger partial charge is 0.495 e. The first-order valence-electron chi connectivity index (χ1n) is 8.57. The summed E-state index contributed by atoms with van der Waals surface area (Å²) in [5, 5.41) is 18.7. The Hall–Kier alpha value is -3.56. The summed E-state index contributed by atoms with van der Waals surface area (Å²) in [5.41, 5.74) is -0.0801. The number of amides is 3. The first-order valence-corrected chi connectivity index (χ1v) is 8.57. The molecule has 0 saturated carbocycles. The van der Waals surface area contributed by atoms with E-state index in [1.165, 1.54) is 42.9 Å². The number of carboxylic acid groups (broad SMARTS) is 1. The van der Waals surface area contributed by atoms with E-state index in [4.69, 9.17) is 4.74 Å². The molecule has 0 unspecified atom stereocenters. The van der Waals surface area contributed by atoms with Gasteiger partial charge in [-0.3, -0.25) is 14.4 Å². The molecule has 1 aliphatic rings. The standard InChI is InChI=1S/C18H21N5O5/c1-18(2,16(25)26)23-10-12(9-20-23)21-15(24)11-4-5-14(28-3)13(8-11)22-7-6-19-17(22)27/h4-5,8-10H,6-7H2,1-3H3,(H,19,27)(H,21,24)(H,25,26). The normalized spacial score (nSPS) is 14.0. The van der Waals surface area contributed by atoms with Crippen LogP contribution in [0.5, 0.6) is 5.75 Å². The van der Waals surface area contributed by atoms with Crippen LogP contribution in [0.25, 0.3) is 0 Å². The predicted octanol–water partition coefficient (Wildman–Crippen LogP) is 1.49. The predicted molar refractivity (Wildman–Crippen MR) is 101 cm³/mol. The van der Waals surface area contributed by atoms with Crippen molar-refractivity contribution in [1.82, 2.24) is 15.1 Å². The van der Waals surface area contributed by atoms with Crippen molar-refractivity contribution in [2.24, 2.45) is 0 Å². The van der Waals surface area contributed by atoms with E-state index in [1.807, 2.05) is 0 Å². The van der Waals surface area contributed by atoms with Gasteiger partial charge in [0.2, 0.25) is 0 Å². The Kier molecular flexibility index (Phi) is 4.95. The van der Waals surface area contributed by atoms with Crippen LogP contribution in [0.2, 0.25) is 0 Å². The summed E-state index contributed by atoms with van der Waals surface area (Å²) in [5.74, 6) is -0.988. The van der Waals surface area contributed by atoms with Gasteiger partial charge in [0, 0.05) is 24.8 Å². The molecule has 148 valence electrons. The van der Waals surface area contributed by atoms with Crippen LogP contribution in [0.4, 0.5) is 16.2 Å². The number of hydrogen-bond acceptors (Lipinski definition) is 5. The lowest BCUT2D eigenvalue weighted by Crippen LogP contribution is -2.35. The highest BCUT2D eigenvalue weighted by Gasteiger charge is 2.30. The molecule has 1 aliphatic heterocycles. The van der Waals surface area contributed by atoms with Crippen molar-refractivity contribution in [1.29, 1.82) is 0 Å². The van der Waals surface area contributed by atoms with E-state index in [1.54, 1.807) is 18.2 Å². The summed E-state index contributed by atoms with van der Waals surface area (Å²) in [6.45, 7) is 3.99. The fourth-order valence-corrected chi connectivity index (χ4v) is 2.74. The van der Waals surface area contributed by atoms with Crippen LogP contribution in [0.15, 0.2) is 30.6 Å². The SMILES string of the molecule is COc1ccc(C(=O)Nc2cnn(C(C)(C)C(=O)O)c2)cc1N1CCNC1=O. The highest BCUT2D eigenvalue weighted by atomic mass is 16.5. The number of carbonyl (C=O) groups excluding carboxylic acids is 2. The van der Waals surface area contributed by atoms with Crippen LogP contribution < -0.4 is 20.3 Å². The number of nitrogens with one attached hydrogen (secondary N) is 2. The Labute approximate surface area is 161 Å². The van der Waals surface area contributed by atoms with Crippen molar-refractivity contribution in [2.75, 3.05) is 30.4 Å². The minimum atomic E-state index is -1.25. The monoisotopic (exact) mass is 387 g/mol. The molecule has 0 spiro atoms. The van der Waals surface area contributed by atoms with Crippen LogP contribution in [0.1, 0.15) is 24.2 Å². The lowest BCUT2D eigenvalue weighted by Gasteiger charge is -2.19. The third kappa shape index (κ3) is 3.48. The smallest absolute Gasteiger partial charge is 0.331 e. The number of aliphatic carboxylic acids is 1. The minimum Gasteiger partial charge on any atom is -0.495 e. The molecule has 1 aromatic heterocycles. The first-order chi connectivity index (χ1) is 13.2. The Morgan fingerprint density at radius 3 is 2.71 bits per heavy atom. The number of anilines is 2. The number of aromatic nitrogens is 2. The van der Waals surface area contributed by atoms with Crippen molar-refractivity contribution in [3.63, 3.8) is 0 Å². The number of urea groups is 1. The zero-order chi connectivity index (χ0) is 20.5. The van der Waals surface area contributed by atoms with Crippen molar-refractivity contribution >= 4 is 29.3 Å². The van der Waals surface area contributed by atoms with Gasteiger partial charge in [-0.1, -0.05) is 0 Å². The molecule has 1 saturated heterocycles. The summed E-state index contributed by atoms with van der Waals surface area (Å²) in [6.07, 6.45) is 2.82. The molecule has 3 N–H and O–H groups in total. The third-order valence-electron chi connectivity index (χ3n) is 4.53. The summed E-state index contributed by atoms with van der Waals surface area (Å²) in [6, 6.07) is 4.52. The van der Waals surface area contributed by atoms with E-state index in [-0.39, 0.29) is 6.03 Å². The summed E-state index contributed by atoms with van der Waals surface area (Å²) >= 11 is 0. The molecule has 0 atom stereocenters. The number of carboxylic acids is 1. The molecule has 1 aromatic carbocycles. The van der Waals surface area contributed by atoms with Gasteiger partial charge in [-0.15, -0.1) is 0 Å². The second kappa shape index (κ2) is 7.22. The van der Waals surface area contributed by atoms with E-state index in [0.717, 1.165) is 0 Å². The Bertz CT molecular complexity index is 936. The summed E-state index contributed by atoms with van der Waals surface area (Å²) in [7, 11) is 1.49. The highest BCUT2D eigenvalue weighted by Crippen LogP contribution is 2.30. The highest BCUT2D eigenvalue weighted by molar-refractivity contribution is 6.06. The van der Waals surface area contributed by atoms with E-state index in [9.17, 15) is 19.5 Å². The minimum absolute atomic E-state index is 0.256. The van der Waals surface area contributed by atoms with E-state index >= 15 is 0 Å². The van der Waals surface area contributed by atoms with Gasteiger partial charge in [-0.2, -0.15) is 5.10 Å². The molecule has 28 heavy (non-hydrogen) atoms. The first kappa shape index (κ1) is 19.2. The van der Waals surface area contributed by atoms with Crippen molar-refractivity contribution in [2.45, 2.75) is 19.4 Å². The van der Waals surface area contributed by atoms with E-state index in [0.29, 0.717) is 35.8 Å². The van der Waals surface area contributed by atoms with Crippen LogP contribution in [-0.4, -0.2) is 53.0 Å². The lowest BCUT2D eigenvalue weighted by molar-refractivity contribution is -0.146. The number of rotatable bonds is 6. The molecule has 10 nitrogen and oxygen atoms in total. The quantitative estimate of drug-likeness (QED) is 0.690. The van der Waals surface area contributed by atoms with E-state index in [2.05, 4.69) is 15.7 Å². The van der Waals surface area contributed by atoms with Crippen molar-refractivity contribution in [3.05, 3.63) is 36.2 Å². The van der Waals surface area contributed by atoms with Gasteiger partial charge in [-0.05, 0) is 32.0 Å². The molecule has 3 amide bonds. The fraction of sp³-hybridized carbons (Fsp3) is 0.333. The molecule has 0 radical (unpaired) electrons. The molecule has 0 bridgehead atoms. The Morgan fingerprint density at radius 2 is 2.11 bits per heavy atom. The number of ether oxygens (including phenoxy) is 1. The van der Waals surface area contributed by atoms with Gasteiger partial charge < -0.3 is 20.5 Å². The maximum absolute atomic E-state index is 12.6. The van der Waals surface area contributed by atoms with Crippen molar-refractivity contribution in [3.8, 4) is 5.75 Å². The van der Waals surface area contributed by atoms with Gasteiger partial charge in [-0.25, -0.2) is 9.59 Å². The topological polar surface area (TPSA) is 126 Å². The van der Waals surface area contributed by atoms with Gasteiger partial charge >= 0.3 is 12.0 Å². The average molecular weight is 387 g/mol. The van der Waals surface area contributed by atoms with E-state index < -0.39 is 17.4 Å². The summed E-state index contributed by atoms with van der Waals surface area (Å²) < 4.78 is 6.56. The number of hydrogen-bond donors (Lipinski definition) is 3. The molecule has 10 heteroatoms. The molecular formula is C18H21N5O5. The van der Waals surface area contributed by atoms with Gasteiger partial charge in [0.05, 0.1) is 24.7 Å². The second-order valence-electron chi connectivity index (χ2n) is 6.76. The zero-order valence-electron chi connectivity index (χ0n) is 15.7. The second-order valence-corrected chi connectivity index (χ2v) is 6.76. The number of methoxy groups -OCH3 is 1. The molecule has 2 aromatic rings. The summed E-state index contributed by atoms with van der Waals surface area (Å²) in [4.78, 5) is 37.4. The van der Waals surface area contributed by atoms with Crippen LogP contribution in [0, 0.1) is 0 Å². The molecule has 3 rings (SSSR count). The van der Waals surface area contributed by atoms with Gasteiger partial charge in [0.1, 0.15) is 5.75 Å². The molecule has 1 fully saturated rings. The third-order valence-corrected chi connectivity index (χ3v) is 4.53. The maximum atomic E-state index is 12.6. The average Bonchev–Trinajstić information content (AvgIpc) is 3.30. The molecular weight excluding hydrogens is 366 g/mol. The Morgan fingerprint density at radius 1 is 1.36 bits per heavy atom. The maximum Gasteiger partial charge on any atom is 0.331 e. The van der Waals surface area contributed by atoms with Crippen molar-refractivity contribution < 1.29 is 24.2 Å². The number of nitrogens with zero attached hydrogens (tertiary/aromatic N) is 3. The van der Waals surface area contributed by atoms with Crippen LogP contribution >= 0.6 is 0 Å². The Balaban J connectivity index is 1.83.